The number of urea groups is 1. The first-order chi connectivity index (χ1) is 9.02. The van der Waals surface area contributed by atoms with Gasteiger partial charge in [0.15, 0.2) is 0 Å². The molecule has 7 heteroatoms. The number of hydrogen-bond acceptors (Lipinski definition) is 3. The Morgan fingerprint density at radius 1 is 1.32 bits per heavy atom. The van der Waals surface area contributed by atoms with Gasteiger partial charge in [-0.15, -0.1) is 0 Å². The van der Waals surface area contributed by atoms with E-state index in [-0.39, 0.29) is 30.8 Å². The second kappa shape index (κ2) is 7.60. The summed E-state index contributed by atoms with van der Waals surface area (Å²) in [5.41, 5.74) is 0. The zero-order valence-electron chi connectivity index (χ0n) is 11.1. The van der Waals surface area contributed by atoms with E-state index in [1.165, 1.54) is 0 Å². The molecular weight excluding hydrogens is 250 g/mol. The number of likely N-dealkylation sites (tertiary alicyclic amines) is 1. The van der Waals surface area contributed by atoms with Gasteiger partial charge in [-0.2, -0.15) is 0 Å². The van der Waals surface area contributed by atoms with Crippen LogP contribution in [-0.2, 0) is 9.59 Å². The summed E-state index contributed by atoms with van der Waals surface area (Å²) in [6, 6.07) is -0.260. The maximum absolute atomic E-state index is 11.8. The van der Waals surface area contributed by atoms with Gasteiger partial charge in [0.05, 0.1) is 6.54 Å². The average molecular weight is 271 g/mol. The minimum absolute atomic E-state index is 0.0248. The molecule has 1 aliphatic heterocycles. The predicted molar refractivity (Wildman–Crippen MR) is 68.6 cm³/mol. The molecule has 0 saturated carbocycles. The van der Waals surface area contributed by atoms with Gasteiger partial charge in [0.1, 0.15) is 0 Å². The molecule has 3 N–H and O–H groups in total. The monoisotopic (exact) mass is 271 g/mol. The fraction of sp³-hybridized carbons (Fsp3) is 0.750. The summed E-state index contributed by atoms with van der Waals surface area (Å²) in [4.78, 5) is 35.1. The summed E-state index contributed by atoms with van der Waals surface area (Å²) in [5, 5.41) is 13.8. The standard InChI is InChI=1S/C12H21N3O4/c1-2-13-10(16)7-14-12(19)15-6-5-9(8-15)3-4-11(17)18/h9H,2-8H2,1H3,(H,13,16)(H,14,19)(H,17,18). The average Bonchev–Trinajstić information content (AvgIpc) is 2.82. The minimum atomic E-state index is -0.806. The fourth-order valence-electron chi connectivity index (χ4n) is 2.11. The molecule has 0 radical (unpaired) electrons. The topological polar surface area (TPSA) is 98.7 Å². The van der Waals surface area contributed by atoms with E-state index in [2.05, 4.69) is 10.6 Å². The molecule has 0 spiro atoms. The third-order valence-corrected chi connectivity index (χ3v) is 3.11. The summed E-state index contributed by atoms with van der Waals surface area (Å²) in [6.07, 6.45) is 1.55. The van der Waals surface area contributed by atoms with Crippen molar-refractivity contribution in [3.63, 3.8) is 0 Å². The highest BCUT2D eigenvalue weighted by molar-refractivity contribution is 5.84. The molecular formula is C12H21N3O4. The lowest BCUT2D eigenvalue weighted by molar-refractivity contribution is -0.137. The molecule has 1 fully saturated rings. The Kier molecular flexibility index (Phi) is 6.11. The largest absolute Gasteiger partial charge is 0.481 e. The highest BCUT2D eigenvalue weighted by atomic mass is 16.4. The third-order valence-electron chi connectivity index (χ3n) is 3.11. The molecule has 1 rings (SSSR count). The van der Waals surface area contributed by atoms with Gasteiger partial charge >= 0.3 is 12.0 Å². The lowest BCUT2D eigenvalue weighted by Gasteiger charge is -2.17. The van der Waals surface area contributed by atoms with Gasteiger partial charge in [0.25, 0.3) is 0 Å². The third kappa shape index (κ3) is 5.58. The second-order valence-electron chi connectivity index (χ2n) is 4.65. The zero-order chi connectivity index (χ0) is 14.3. The predicted octanol–water partition coefficient (Wildman–Crippen LogP) is 0.0188. The molecule has 7 nitrogen and oxygen atoms in total. The van der Waals surface area contributed by atoms with Crippen LogP contribution < -0.4 is 10.6 Å². The highest BCUT2D eigenvalue weighted by Crippen LogP contribution is 2.20. The number of likely N-dealkylation sites (N-methyl/N-ethyl adjacent to an activating group) is 1. The summed E-state index contributed by atoms with van der Waals surface area (Å²) >= 11 is 0. The first-order valence-electron chi connectivity index (χ1n) is 6.54. The van der Waals surface area contributed by atoms with Crippen molar-refractivity contribution < 1.29 is 19.5 Å². The number of rotatable bonds is 6. The Labute approximate surface area is 112 Å². The van der Waals surface area contributed by atoms with Crippen molar-refractivity contribution in [3.05, 3.63) is 0 Å². The molecule has 0 bridgehead atoms. The second-order valence-corrected chi connectivity index (χ2v) is 4.65. The van der Waals surface area contributed by atoms with Crippen molar-refractivity contribution in [2.75, 3.05) is 26.2 Å². The summed E-state index contributed by atoms with van der Waals surface area (Å²) in [7, 11) is 0. The molecule has 0 aromatic rings. The molecule has 0 aromatic carbocycles. The van der Waals surface area contributed by atoms with Crippen molar-refractivity contribution in [1.82, 2.24) is 15.5 Å². The fourth-order valence-corrected chi connectivity index (χ4v) is 2.11. The molecule has 19 heavy (non-hydrogen) atoms. The van der Waals surface area contributed by atoms with Crippen molar-refractivity contribution in [3.8, 4) is 0 Å². The number of hydrogen-bond donors (Lipinski definition) is 3. The Morgan fingerprint density at radius 3 is 2.68 bits per heavy atom. The number of nitrogens with zero attached hydrogens (tertiary/aromatic N) is 1. The van der Waals surface area contributed by atoms with E-state index in [0.717, 1.165) is 6.42 Å². The van der Waals surface area contributed by atoms with Crippen LogP contribution in [0.5, 0.6) is 0 Å². The van der Waals surface area contributed by atoms with Gasteiger partial charge in [0.2, 0.25) is 5.91 Å². The number of nitrogens with one attached hydrogen (secondary N) is 2. The van der Waals surface area contributed by atoms with E-state index >= 15 is 0 Å². The molecule has 1 saturated heterocycles. The van der Waals surface area contributed by atoms with Crippen molar-refractivity contribution in [2.24, 2.45) is 5.92 Å². The Bertz CT molecular complexity index is 346. The van der Waals surface area contributed by atoms with E-state index < -0.39 is 5.97 Å². The Hall–Kier alpha value is -1.79. The number of aliphatic carboxylic acids is 1. The van der Waals surface area contributed by atoms with Crippen LogP contribution in [0.15, 0.2) is 0 Å². The van der Waals surface area contributed by atoms with E-state index in [1.807, 2.05) is 6.92 Å². The lowest BCUT2D eigenvalue weighted by Crippen LogP contribution is -2.43. The van der Waals surface area contributed by atoms with Crippen LogP contribution in [0.4, 0.5) is 4.79 Å². The van der Waals surface area contributed by atoms with Crippen LogP contribution in [0.1, 0.15) is 26.2 Å². The van der Waals surface area contributed by atoms with E-state index in [1.54, 1.807) is 4.90 Å². The van der Waals surface area contributed by atoms with E-state index in [0.29, 0.717) is 26.1 Å². The molecule has 3 amide bonds. The van der Waals surface area contributed by atoms with Gasteiger partial charge in [-0.1, -0.05) is 0 Å². The minimum Gasteiger partial charge on any atom is -0.481 e. The summed E-state index contributed by atoms with van der Waals surface area (Å²) in [6.45, 7) is 3.51. The molecule has 1 unspecified atom stereocenters. The van der Waals surface area contributed by atoms with Gasteiger partial charge in [-0.05, 0) is 25.7 Å². The van der Waals surface area contributed by atoms with Crippen LogP contribution in [0.25, 0.3) is 0 Å². The normalized spacial score (nSPS) is 18.2. The molecule has 0 aromatic heterocycles. The van der Waals surface area contributed by atoms with Crippen molar-refractivity contribution in [2.45, 2.75) is 26.2 Å². The van der Waals surface area contributed by atoms with E-state index in [9.17, 15) is 14.4 Å². The Morgan fingerprint density at radius 2 is 2.05 bits per heavy atom. The first-order valence-corrected chi connectivity index (χ1v) is 6.54. The van der Waals surface area contributed by atoms with Crippen LogP contribution in [-0.4, -0.2) is 54.1 Å². The van der Waals surface area contributed by atoms with Crippen LogP contribution >= 0.6 is 0 Å². The Balaban J connectivity index is 2.24. The van der Waals surface area contributed by atoms with Crippen LogP contribution in [0.3, 0.4) is 0 Å². The first kappa shape index (κ1) is 15.3. The van der Waals surface area contributed by atoms with Crippen LogP contribution in [0.2, 0.25) is 0 Å². The summed E-state index contributed by atoms with van der Waals surface area (Å²) in [5.74, 6) is -0.775. The quantitative estimate of drug-likeness (QED) is 0.634. The maximum Gasteiger partial charge on any atom is 0.317 e. The zero-order valence-corrected chi connectivity index (χ0v) is 11.1. The van der Waals surface area contributed by atoms with Crippen molar-refractivity contribution >= 4 is 17.9 Å². The van der Waals surface area contributed by atoms with Crippen LogP contribution in [0, 0.1) is 5.92 Å². The number of carboxylic acid groups (broad SMARTS) is 1. The number of amides is 3. The molecule has 1 aliphatic rings. The molecule has 108 valence electrons. The number of carboxylic acids is 1. The molecule has 0 aliphatic carbocycles. The number of carbonyl (C=O) groups excluding carboxylic acids is 2. The van der Waals surface area contributed by atoms with E-state index in [4.69, 9.17) is 5.11 Å². The molecule has 1 atom stereocenters. The van der Waals surface area contributed by atoms with Gasteiger partial charge < -0.3 is 20.6 Å². The molecule has 1 heterocycles. The van der Waals surface area contributed by atoms with Gasteiger partial charge in [-0.3, -0.25) is 9.59 Å². The highest BCUT2D eigenvalue weighted by Gasteiger charge is 2.26. The SMILES string of the molecule is CCNC(=O)CNC(=O)N1CCC(CCC(=O)O)C1. The van der Waals surface area contributed by atoms with Gasteiger partial charge in [-0.25, -0.2) is 4.79 Å². The maximum atomic E-state index is 11.8. The number of carbonyl (C=O) groups is 3. The lowest BCUT2D eigenvalue weighted by atomic mass is 10.0. The smallest absolute Gasteiger partial charge is 0.317 e. The van der Waals surface area contributed by atoms with Crippen molar-refractivity contribution in [1.29, 1.82) is 0 Å². The summed E-state index contributed by atoms with van der Waals surface area (Å²) < 4.78 is 0. The van der Waals surface area contributed by atoms with Gasteiger partial charge in [0, 0.05) is 26.1 Å².